The van der Waals surface area contributed by atoms with Gasteiger partial charge < -0.3 is 24.2 Å². The number of nitrogens with zero attached hydrogens (tertiary/aromatic N) is 1. The highest BCUT2D eigenvalue weighted by molar-refractivity contribution is 5.72. The average molecular weight is 524 g/mol. The van der Waals surface area contributed by atoms with E-state index in [1.54, 1.807) is 60.4 Å². The fourth-order valence-corrected chi connectivity index (χ4v) is 3.89. The Bertz CT molecular complexity index is 1170. The predicted molar refractivity (Wildman–Crippen MR) is 142 cm³/mol. The molecule has 0 spiro atoms. The molecule has 1 atom stereocenters. The number of hydrogen-bond donors (Lipinski definition) is 1. The molecular weight excluding hydrogens is 489 g/mol. The first-order valence-corrected chi connectivity index (χ1v) is 12.7. The van der Waals surface area contributed by atoms with Crippen LogP contribution in [0.2, 0.25) is 0 Å². The number of halogens is 1. The third kappa shape index (κ3) is 9.52. The number of rotatable bonds is 14. The molecule has 202 valence electrons. The fourth-order valence-electron chi connectivity index (χ4n) is 3.89. The molecule has 0 bridgehead atoms. The standard InChI is InChI=1S/C30H34FNO6/c1-3-36-28(29(33)34)21-24-11-15-26(16-12-24)37-19-18-32(17-5-7-23-9-13-25(31)14-10-23)30(35)38-27-8-4-6-22(2)20-27/h4,6,8-16,20,28H,3,5,7,17-19,21H2,1-2H3,(H,33,34). The molecule has 0 aliphatic rings. The molecule has 0 saturated heterocycles. The zero-order valence-electron chi connectivity index (χ0n) is 21.8. The normalized spacial score (nSPS) is 11.6. The topological polar surface area (TPSA) is 85.3 Å². The second-order valence-electron chi connectivity index (χ2n) is 8.88. The van der Waals surface area contributed by atoms with Gasteiger partial charge in [0.25, 0.3) is 0 Å². The largest absolute Gasteiger partial charge is 0.492 e. The lowest BCUT2D eigenvalue weighted by Crippen LogP contribution is -2.37. The highest BCUT2D eigenvalue weighted by Crippen LogP contribution is 2.17. The maximum Gasteiger partial charge on any atom is 0.415 e. The Morgan fingerprint density at radius 3 is 2.32 bits per heavy atom. The SMILES string of the molecule is CCOC(Cc1ccc(OCCN(CCCc2ccc(F)cc2)C(=O)Oc2cccc(C)c2)cc1)C(=O)O. The molecule has 7 nitrogen and oxygen atoms in total. The van der Waals surface area contributed by atoms with E-state index in [0.29, 0.717) is 44.0 Å². The second kappa shape index (κ2) is 14.7. The van der Waals surface area contributed by atoms with Crippen LogP contribution in [0.15, 0.2) is 72.8 Å². The molecule has 0 heterocycles. The highest BCUT2D eigenvalue weighted by Gasteiger charge is 2.18. The highest BCUT2D eigenvalue weighted by atomic mass is 19.1. The number of aliphatic carboxylic acids is 1. The van der Waals surface area contributed by atoms with E-state index in [2.05, 4.69) is 0 Å². The quantitative estimate of drug-likeness (QED) is 0.293. The molecule has 0 radical (unpaired) electrons. The van der Waals surface area contributed by atoms with Gasteiger partial charge in [0.15, 0.2) is 6.10 Å². The minimum absolute atomic E-state index is 0.246. The molecule has 0 fully saturated rings. The molecule has 1 unspecified atom stereocenters. The molecule has 1 N–H and O–H groups in total. The molecule has 38 heavy (non-hydrogen) atoms. The number of carbonyl (C=O) groups excluding carboxylic acids is 1. The molecule has 8 heteroatoms. The van der Waals surface area contributed by atoms with Gasteiger partial charge in [0.2, 0.25) is 0 Å². The van der Waals surface area contributed by atoms with Gasteiger partial charge in [-0.25, -0.2) is 14.0 Å². The lowest BCUT2D eigenvalue weighted by Gasteiger charge is -2.22. The summed E-state index contributed by atoms with van der Waals surface area (Å²) < 4.78 is 29.9. The van der Waals surface area contributed by atoms with Crippen molar-refractivity contribution in [3.63, 3.8) is 0 Å². The van der Waals surface area contributed by atoms with Crippen molar-refractivity contribution in [2.75, 3.05) is 26.3 Å². The van der Waals surface area contributed by atoms with Gasteiger partial charge in [-0.15, -0.1) is 0 Å². The third-order valence-electron chi connectivity index (χ3n) is 5.88. The van der Waals surface area contributed by atoms with E-state index in [0.717, 1.165) is 16.7 Å². The van der Waals surface area contributed by atoms with Gasteiger partial charge in [0.05, 0.1) is 6.54 Å². The van der Waals surface area contributed by atoms with Crippen molar-refractivity contribution in [1.29, 1.82) is 0 Å². The third-order valence-corrected chi connectivity index (χ3v) is 5.88. The van der Waals surface area contributed by atoms with Crippen LogP contribution >= 0.6 is 0 Å². The first-order chi connectivity index (χ1) is 18.3. The molecule has 0 aliphatic carbocycles. The maximum atomic E-state index is 13.2. The number of benzene rings is 3. The summed E-state index contributed by atoms with van der Waals surface area (Å²) in [6.07, 6.45) is 0.263. The predicted octanol–water partition coefficient (Wildman–Crippen LogP) is 5.68. The summed E-state index contributed by atoms with van der Waals surface area (Å²) in [4.78, 5) is 25.9. The van der Waals surface area contributed by atoms with Crippen molar-refractivity contribution in [3.8, 4) is 11.5 Å². The van der Waals surface area contributed by atoms with Crippen molar-refractivity contribution >= 4 is 12.1 Å². The van der Waals surface area contributed by atoms with Crippen LogP contribution in [0.1, 0.15) is 30.0 Å². The molecule has 3 aromatic carbocycles. The zero-order chi connectivity index (χ0) is 27.3. The summed E-state index contributed by atoms with van der Waals surface area (Å²) in [5.74, 6) is -0.195. The second-order valence-corrected chi connectivity index (χ2v) is 8.88. The molecule has 0 saturated carbocycles. The Balaban J connectivity index is 1.56. The van der Waals surface area contributed by atoms with Crippen molar-refractivity contribution in [2.45, 2.75) is 39.2 Å². The lowest BCUT2D eigenvalue weighted by atomic mass is 10.1. The summed E-state index contributed by atoms with van der Waals surface area (Å²) in [5.41, 5.74) is 2.80. The number of amides is 1. The number of ether oxygens (including phenoxy) is 3. The van der Waals surface area contributed by atoms with E-state index in [-0.39, 0.29) is 18.8 Å². The molecule has 3 aromatic rings. The molecule has 0 aromatic heterocycles. The summed E-state index contributed by atoms with van der Waals surface area (Å²) in [5, 5.41) is 9.27. The minimum Gasteiger partial charge on any atom is -0.492 e. The van der Waals surface area contributed by atoms with Gasteiger partial charge in [-0.2, -0.15) is 0 Å². The van der Waals surface area contributed by atoms with Crippen LogP contribution in [-0.2, 0) is 22.4 Å². The van der Waals surface area contributed by atoms with Gasteiger partial charge in [-0.05, 0) is 79.8 Å². The van der Waals surface area contributed by atoms with E-state index in [9.17, 15) is 19.1 Å². The molecule has 3 rings (SSSR count). The van der Waals surface area contributed by atoms with Gasteiger partial charge in [-0.1, -0.05) is 36.4 Å². The monoisotopic (exact) mass is 523 g/mol. The Labute approximate surface area is 222 Å². The maximum absolute atomic E-state index is 13.2. The van der Waals surface area contributed by atoms with Gasteiger partial charge in [-0.3, -0.25) is 0 Å². The summed E-state index contributed by atoms with van der Waals surface area (Å²) in [6.45, 7) is 5.01. The minimum atomic E-state index is -0.996. The van der Waals surface area contributed by atoms with Gasteiger partial charge in [0, 0.05) is 19.6 Å². The van der Waals surface area contributed by atoms with Gasteiger partial charge in [0.1, 0.15) is 23.9 Å². The van der Waals surface area contributed by atoms with Crippen LogP contribution in [0.3, 0.4) is 0 Å². The first-order valence-electron chi connectivity index (χ1n) is 12.7. The van der Waals surface area contributed by atoms with Crippen LogP contribution in [0, 0.1) is 12.7 Å². The van der Waals surface area contributed by atoms with Gasteiger partial charge >= 0.3 is 12.1 Å². The number of aryl methyl sites for hydroxylation is 2. The molecule has 0 aliphatic heterocycles. The van der Waals surface area contributed by atoms with Crippen molar-refractivity contribution < 1.29 is 33.3 Å². The zero-order valence-corrected chi connectivity index (χ0v) is 21.8. The van der Waals surface area contributed by atoms with Crippen LogP contribution in [0.5, 0.6) is 11.5 Å². The number of carboxylic acids is 1. The summed E-state index contributed by atoms with van der Waals surface area (Å²) in [6, 6.07) is 20.8. The van der Waals surface area contributed by atoms with E-state index in [1.807, 2.05) is 19.1 Å². The lowest BCUT2D eigenvalue weighted by molar-refractivity contribution is -0.149. The Morgan fingerprint density at radius 1 is 0.947 bits per heavy atom. The van der Waals surface area contributed by atoms with Crippen molar-refractivity contribution in [3.05, 3.63) is 95.3 Å². The smallest absolute Gasteiger partial charge is 0.415 e. The molecule has 1 amide bonds. The number of carbonyl (C=O) groups is 2. The summed E-state index contributed by atoms with van der Waals surface area (Å²) in [7, 11) is 0. The summed E-state index contributed by atoms with van der Waals surface area (Å²) >= 11 is 0. The van der Waals surface area contributed by atoms with Crippen LogP contribution in [0.4, 0.5) is 9.18 Å². The first kappa shape index (κ1) is 28.7. The average Bonchev–Trinajstić information content (AvgIpc) is 2.89. The van der Waals surface area contributed by atoms with Crippen LogP contribution in [0.25, 0.3) is 0 Å². The Hall–Kier alpha value is -3.91. The number of hydrogen-bond acceptors (Lipinski definition) is 5. The Kier molecular flexibility index (Phi) is 11.1. The Morgan fingerprint density at radius 2 is 1.66 bits per heavy atom. The molecular formula is C30H34FNO6. The van der Waals surface area contributed by atoms with Crippen molar-refractivity contribution in [2.24, 2.45) is 0 Å². The van der Waals surface area contributed by atoms with E-state index < -0.39 is 18.2 Å². The van der Waals surface area contributed by atoms with E-state index in [4.69, 9.17) is 14.2 Å². The van der Waals surface area contributed by atoms with Crippen LogP contribution < -0.4 is 9.47 Å². The van der Waals surface area contributed by atoms with Crippen molar-refractivity contribution in [1.82, 2.24) is 4.90 Å². The van der Waals surface area contributed by atoms with Crippen LogP contribution in [-0.4, -0.2) is 54.5 Å². The fraction of sp³-hybridized carbons (Fsp3) is 0.333. The number of carboxylic acid groups (broad SMARTS) is 1. The van der Waals surface area contributed by atoms with E-state index in [1.165, 1.54) is 12.1 Å². The van der Waals surface area contributed by atoms with E-state index >= 15 is 0 Å².